The van der Waals surface area contributed by atoms with E-state index in [0.717, 1.165) is 16.0 Å². The third-order valence-corrected chi connectivity index (χ3v) is 5.67. The van der Waals surface area contributed by atoms with Crippen LogP contribution >= 0.6 is 22.9 Å². The Labute approximate surface area is 127 Å². The van der Waals surface area contributed by atoms with E-state index in [4.69, 9.17) is 17.3 Å². The lowest BCUT2D eigenvalue weighted by molar-refractivity contribution is 0.582. The lowest BCUT2D eigenvalue weighted by Gasteiger charge is -2.11. The fourth-order valence-electron chi connectivity index (χ4n) is 1.74. The van der Waals surface area contributed by atoms with E-state index in [0.29, 0.717) is 4.34 Å². The SMILES string of the molecule is Cc1cc(N)c(S(=O)(=O)NCc2ccc(Cl)s2)cc1C. The van der Waals surface area contributed by atoms with Gasteiger partial charge in [0, 0.05) is 11.4 Å². The van der Waals surface area contributed by atoms with E-state index in [9.17, 15) is 8.42 Å². The quantitative estimate of drug-likeness (QED) is 0.846. The summed E-state index contributed by atoms with van der Waals surface area (Å²) in [6.45, 7) is 3.95. The van der Waals surface area contributed by atoms with Crippen molar-refractivity contribution in [3.63, 3.8) is 0 Å². The molecule has 0 aliphatic carbocycles. The molecule has 2 rings (SSSR count). The number of hydrogen-bond donors (Lipinski definition) is 2. The van der Waals surface area contributed by atoms with E-state index in [1.165, 1.54) is 11.3 Å². The smallest absolute Gasteiger partial charge is 0.242 e. The van der Waals surface area contributed by atoms with Crippen LogP contribution in [0.3, 0.4) is 0 Å². The Morgan fingerprint density at radius 2 is 1.90 bits per heavy atom. The van der Waals surface area contributed by atoms with Crippen LogP contribution in [0.5, 0.6) is 0 Å². The highest BCUT2D eigenvalue weighted by Crippen LogP contribution is 2.24. The van der Waals surface area contributed by atoms with Gasteiger partial charge >= 0.3 is 0 Å². The molecule has 0 aliphatic heterocycles. The van der Waals surface area contributed by atoms with Gasteiger partial charge < -0.3 is 5.73 Å². The van der Waals surface area contributed by atoms with Crippen LogP contribution in [0.15, 0.2) is 29.2 Å². The van der Waals surface area contributed by atoms with Crippen molar-refractivity contribution in [1.82, 2.24) is 4.72 Å². The molecular formula is C13H15ClN2O2S2. The average molecular weight is 331 g/mol. The number of benzene rings is 1. The summed E-state index contributed by atoms with van der Waals surface area (Å²) in [5, 5.41) is 0. The summed E-state index contributed by atoms with van der Waals surface area (Å²) in [5.41, 5.74) is 7.92. The zero-order chi connectivity index (χ0) is 14.9. The van der Waals surface area contributed by atoms with Crippen molar-refractivity contribution in [1.29, 1.82) is 0 Å². The maximum atomic E-state index is 12.3. The molecular weight excluding hydrogens is 316 g/mol. The molecule has 0 amide bonds. The first-order valence-electron chi connectivity index (χ1n) is 5.90. The molecule has 0 saturated carbocycles. The molecule has 1 heterocycles. The van der Waals surface area contributed by atoms with Crippen LogP contribution in [0.25, 0.3) is 0 Å². The van der Waals surface area contributed by atoms with Crippen LogP contribution in [0.4, 0.5) is 5.69 Å². The molecule has 0 bridgehead atoms. The summed E-state index contributed by atoms with van der Waals surface area (Å²) in [5.74, 6) is 0. The van der Waals surface area contributed by atoms with Gasteiger partial charge in [-0.15, -0.1) is 11.3 Å². The second-order valence-electron chi connectivity index (χ2n) is 4.50. The third kappa shape index (κ3) is 3.32. The molecule has 2 aromatic rings. The predicted octanol–water partition coefficient (Wildman–Crippen LogP) is 3.08. The molecule has 0 atom stereocenters. The number of anilines is 1. The van der Waals surface area contributed by atoms with Gasteiger partial charge in [-0.3, -0.25) is 0 Å². The minimum absolute atomic E-state index is 0.114. The lowest BCUT2D eigenvalue weighted by Crippen LogP contribution is -2.24. The minimum Gasteiger partial charge on any atom is -0.398 e. The van der Waals surface area contributed by atoms with E-state index in [-0.39, 0.29) is 17.1 Å². The van der Waals surface area contributed by atoms with E-state index in [1.54, 1.807) is 24.3 Å². The molecule has 20 heavy (non-hydrogen) atoms. The van der Waals surface area contributed by atoms with Crippen LogP contribution in [-0.4, -0.2) is 8.42 Å². The average Bonchev–Trinajstić information content (AvgIpc) is 2.77. The van der Waals surface area contributed by atoms with Crippen molar-refractivity contribution in [3.05, 3.63) is 44.6 Å². The zero-order valence-electron chi connectivity index (χ0n) is 11.1. The molecule has 0 aliphatic rings. The Morgan fingerprint density at radius 1 is 1.25 bits per heavy atom. The standard InChI is InChI=1S/C13H15ClN2O2S2/c1-8-5-11(15)12(6-9(8)2)20(17,18)16-7-10-3-4-13(14)19-10/h3-6,16H,7,15H2,1-2H3. The normalized spacial score (nSPS) is 11.8. The first-order chi connectivity index (χ1) is 9.29. The summed E-state index contributed by atoms with van der Waals surface area (Å²) < 4.78 is 27.7. The number of nitrogen functional groups attached to an aromatic ring is 1. The minimum atomic E-state index is -3.63. The molecule has 108 valence electrons. The van der Waals surface area contributed by atoms with Crippen molar-refractivity contribution < 1.29 is 8.42 Å². The maximum Gasteiger partial charge on any atom is 0.242 e. The predicted molar refractivity (Wildman–Crippen MR) is 83.7 cm³/mol. The molecule has 7 heteroatoms. The fourth-order valence-corrected chi connectivity index (χ4v) is 4.06. The third-order valence-electron chi connectivity index (χ3n) is 2.98. The Morgan fingerprint density at radius 3 is 2.50 bits per heavy atom. The first-order valence-corrected chi connectivity index (χ1v) is 8.58. The van der Waals surface area contributed by atoms with Gasteiger partial charge in [-0.2, -0.15) is 0 Å². The highest BCUT2D eigenvalue weighted by molar-refractivity contribution is 7.89. The largest absolute Gasteiger partial charge is 0.398 e. The van der Waals surface area contributed by atoms with E-state index >= 15 is 0 Å². The van der Waals surface area contributed by atoms with Gasteiger partial charge in [-0.1, -0.05) is 11.6 Å². The van der Waals surface area contributed by atoms with Crippen molar-refractivity contribution in [3.8, 4) is 0 Å². The molecule has 1 aromatic carbocycles. The molecule has 1 aromatic heterocycles. The van der Waals surface area contributed by atoms with Gasteiger partial charge in [0.1, 0.15) is 4.90 Å². The Kier molecular flexibility index (Phi) is 4.39. The van der Waals surface area contributed by atoms with Crippen molar-refractivity contribution in [2.45, 2.75) is 25.3 Å². The summed E-state index contributed by atoms with van der Waals surface area (Å²) in [4.78, 5) is 0.962. The highest BCUT2D eigenvalue weighted by atomic mass is 35.5. The van der Waals surface area contributed by atoms with Crippen molar-refractivity contribution in [2.24, 2.45) is 0 Å². The van der Waals surface area contributed by atoms with Gasteiger partial charge in [0.2, 0.25) is 10.0 Å². The van der Waals surface area contributed by atoms with Gasteiger partial charge in [-0.05, 0) is 49.2 Å². The van der Waals surface area contributed by atoms with Gasteiger partial charge in [0.15, 0.2) is 0 Å². The molecule has 0 radical (unpaired) electrons. The highest BCUT2D eigenvalue weighted by Gasteiger charge is 2.18. The first kappa shape index (κ1) is 15.3. The summed E-state index contributed by atoms with van der Waals surface area (Å²) in [6.07, 6.45) is 0. The van der Waals surface area contributed by atoms with Crippen molar-refractivity contribution >= 4 is 38.6 Å². The van der Waals surface area contributed by atoms with Gasteiger partial charge in [-0.25, -0.2) is 13.1 Å². The Bertz CT molecular complexity index is 739. The van der Waals surface area contributed by atoms with E-state index in [2.05, 4.69) is 4.72 Å². The summed E-state index contributed by atoms with van der Waals surface area (Å²) in [7, 11) is -3.63. The number of aryl methyl sites for hydroxylation is 2. The Hall–Kier alpha value is -1.08. The maximum absolute atomic E-state index is 12.3. The van der Waals surface area contributed by atoms with E-state index < -0.39 is 10.0 Å². The number of sulfonamides is 1. The molecule has 0 unspecified atom stereocenters. The number of hydrogen-bond acceptors (Lipinski definition) is 4. The molecule has 0 saturated heterocycles. The summed E-state index contributed by atoms with van der Waals surface area (Å²) in [6, 6.07) is 6.79. The second kappa shape index (κ2) is 5.73. The van der Waals surface area contributed by atoms with Crippen LogP contribution < -0.4 is 10.5 Å². The van der Waals surface area contributed by atoms with Gasteiger partial charge in [0.25, 0.3) is 0 Å². The molecule has 3 N–H and O–H groups in total. The topological polar surface area (TPSA) is 72.2 Å². The van der Waals surface area contributed by atoms with Crippen molar-refractivity contribution in [2.75, 3.05) is 5.73 Å². The van der Waals surface area contributed by atoms with E-state index in [1.807, 2.05) is 13.8 Å². The van der Waals surface area contributed by atoms with Crippen LogP contribution in [0.1, 0.15) is 16.0 Å². The van der Waals surface area contributed by atoms with Gasteiger partial charge in [0.05, 0.1) is 10.0 Å². The molecule has 0 fully saturated rings. The number of thiophene rings is 1. The second-order valence-corrected chi connectivity index (χ2v) is 8.04. The fraction of sp³-hybridized carbons (Fsp3) is 0.231. The van der Waals surface area contributed by atoms with Crippen LogP contribution in [0.2, 0.25) is 4.34 Å². The molecule has 0 spiro atoms. The van der Waals surface area contributed by atoms with Crippen LogP contribution in [-0.2, 0) is 16.6 Å². The number of rotatable bonds is 4. The number of halogens is 1. The van der Waals surface area contributed by atoms with Crippen LogP contribution in [0, 0.1) is 13.8 Å². The lowest BCUT2D eigenvalue weighted by atomic mass is 10.1. The number of nitrogens with one attached hydrogen (secondary N) is 1. The monoisotopic (exact) mass is 330 g/mol. The zero-order valence-corrected chi connectivity index (χ0v) is 13.5. The summed E-state index contributed by atoms with van der Waals surface area (Å²) >= 11 is 7.15. The Balaban J connectivity index is 2.24. The number of nitrogens with two attached hydrogens (primary N) is 1. The molecule has 4 nitrogen and oxygen atoms in total.